The average Bonchev–Trinajstić information content (AvgIpc) is 3.20. The Balaban J connectivity index is 1.81. The summed E-state index contributed by atoms with van der Waals surface area (Å²) < 4.78 is 29.3. The van der Waals surface area contributed by atoms with E-state index in [1.54, 1.807) is 23.1 Å². The van der Waals surface area contributed by atoms with Gasteiger partial charge in [0.15, 0.2) is 5.69 Å². The van der Waals surface area contributed by atoms with Gasteiger partial charge in [0.05, 0.1) is 0 Å². The van der Waals surface area contributed by atoms with Gasteiger partial charge in [-0.2, -0.15) is 20.3 Å². The molecule has 1 amide bonds. The van der Waals surface area contributed by atoms with Crippen molar-refractivity contribution in [2.75, 3.05) is 0 Å². The maximum Gasteiger partial charge on any atom is 0.297 e. The Labute approximate surface area is 129 Å². The molecule has 0 saturated heterocycles. The van der Waals surface area contributed by atoms with Crippen LogP contribution in [0.25, 0.3) is 0 Å². The van der Waals surface area contributed by atoms with E-state index in [9.17, 15) is 18.7 Å². The van der Waals surface area contributed by atoms with Gasteiger partial charge >= 0.3 is 0 Å². The quantitative estimate of drug-likeness (QED) is 0.899. The summed E-state index contributed by atoms with van der Waals surface area (Å²) in [6.07, 6.45) is 1.29. The van der Waals surface area contributed by atoms with Crippen LogP contribution in [0.15, 0.2) is 35.8 Å². The van der Waals surface area contributed by atoms with Crippen LogP contribution in [0, 0.1) is 0 Å². The first kappa shape index (κ1) is 15.3. The summed E-state index contributed by atoms with van der Waals surface area (Å²) in [5.41, 5.74) is -2.47. The molecular weight excluding hydrogens is 310 g/mol. The standard InChI is InChI=1S/C13H14F2N6O2/c1-9-7-13(23,12(14)15)21(17-9)11(22)10-3-6-20(18-10)8-19-5-2-4-16-19/h2-6,12,23H,7-8H2,1H3/t13-/m1/s1. The SMILES string of the molecule is CC1=NN(C(=O)c2ccn(Cn3cccn3)n2)[C@](O)(C(F)F)C1. The van der Waals surface area contributed by atoms with Gasteiger partial charge in [0.25, 0.3) is 12.3 Å². The summed E-state index contributed by atoms with van der Waals surface area (Å²) in [6, 6.07) is 3.11. The van der Waals surface area contributed by atoms with Crippen LogP contribution in [0.4, 0.5) is 8.78 Å². The molecule has 0 spiro atoms. The van der Waals surface area contributed by atoms with Crippen molar-refractivity contribution >= 4 is 11.6 Å². The van der Waals surface area contributed by atoms with Crippen molar-refractivity contribution in [3.63, 3.8) is 0 Å². The molecule has 3 rings (SSSR count). The van der Waals surface area contributed by atoms with Crippen LogP contribution in [-0.2, 0) is 6.67 Å². The van der Waals surface area contributed by atoms with Crippen molar-refractivity contribution in [2.24, 2.45) is 5.10 Å². The second-order valence-corrected chi connectivity index (χ2v) is 5.24. The molecule has 0 radical (unpaired) electrons. The lowest BCUT2D eigenvalue weighted by molar-refractivity contribution is -0.164. The van der Waals surface area contributed by atoms with E-state index in [1.165, 1.54) is 23.9 Å². The lowest BCUT2D eigenvalue weighted by atomic mass is 10.1. The van der Waals surface area contributed by atoms with Gasteiger partial charge in [-0.15, -0.1) is 0 Å². The van der Waals surface area contributed by atoms with E-state index in [-0.39, 0.29) is 18.1 Å². The third-order valence-corrected chi connectivity index (χ3v) is 3.40. The maximum atomic E-state index is 13.1. The van der Waals surface area contributed by atoms with E-state index in [4.69, 9.17) is 0 Å². The van der Waals surface area contributed by atoms with Gasteiger partial charge in [-0.25, -0.2) is 8.78 Å². The number of amides is 1. The Morgan fingerprint density at radius 2 is 2.22 bits per heavy atom. The summed E-state index contributed by atoms with van der Waals surface area (Å²) in [6.45, 7) is 1.73. The molecule has 0 saturated carbocycles. The van der Waals surface area contributed by atoms with E-state index in [0.29, 0.717) is 5.01 Å². The van der Waals surface area contributed by atoms with Gasteiger partial charge in [-0.1, -0.05) is 0 Å². The molecule has 0 aliphatic carbocycles. The first-order chi connectivity index (χ1) is 10.9. The van der Waals surface area contributed by atoms with Crippen LogP contribution < -0.4 is 0 Å². The maximum absolute atomic E-state index is 13.1. The summed E-state index contributed by atoms with van der Waals surface area (Å²) in [5.74, 6) is -0.885. The van der Waals surface area contributed by atoms with Crippen molar-refractivity contribution in [1.29, 1.82) is 0 Å². The number of hydrazone groups is 1. The molecule has 1 aliphatic rings. The number of nitrogens with zero attached hydrogens (tertiary/aromatic N) is 6. The minimum atomic E-state index is -3.14. The number of rotatable bonds is 4. The van der Waals surface area contributed by atoms with E-state index < -0.39 is 24.5 Å². The van der Waals surface area contributed by atoms with Crippen molar-refractivity contribution < 1.29 is 18.7 Å². The Kier molecular flexibility index (Phi) is 3.68. The van der Waals surface area contributed by atoms with E-state index in [0.717, 1.165) is 0 Å². The van der Waals surface area contributed by atoms with E-state index >= 15 is 0 Å². The highest BCUT2D eigenvalue weighted by Crippen LogP contribution is 2.32. The number of aliphatic hydroxyl groups is 1. The molecule has 0 aromatic carbocycles. The van der Waals surface area contributed by atoms with Gasteiger partial charge in [0.2, 0.25) is 5.72 Å². The lowest BCUT2D eigenvalue weighted by Crippen LogP contribution is -2.51. The Hall–Kier alpha value is -2.62. The first-order valence-electron chi connectivity index (χ1n) is 6.80. The first-order valence-corrected chi connectivity index (χ1v) is 6.80. The number of hydrogen-bond donors (Lipinski definition) is 1. The molecule has 1 atom stereocenters. The normalized spacial score (nSPS) is 21.1. The smallest absolute Gasteiger partial charge is 0.297 e. The van der Waals surface area contributed by atoms with Gasteiger partial charge < -0.3 is 5.11 Å². The van der Waals surface area contributed by atoms with Crippen LogP contribution >= 0.6 is 0 Å². The predicted octanol–water partition coefficient (Wildman–Crippen LogP) is 0.761. The second kappa shape index (κ2) is 5.54. The molecule has 122 valence electrons. The molecular formula is C13H14F2N6O2. The fraction of sp³-hybridized carbons (Fsp3) is 0.385. The summed E-state index contributed by atoms with van der Waals surface area (Å²) in [7, 11) is 0. The fourth-order valence-corrected chi connectivity index (χ4v) is 2.33. The molecule has 8 nitrogen and oxygen atoms in total. The number of carbonyl (C=O) groups is 1. The number of aromatic nitrogens is 4. The highest BCUT2D eigenvalue weighted by Gasteiger charge is 2.51. The van der Waals surface area contributed by atoms with Crippen LogP contribution in [0.1, 0.15) is 23.8 Å². The average molecular weight is 324 g/mol. The van der Waals surface area contributed by atoms with Crippen LogP contribution in [0.3, 0.4) is 0 Å². The van der Waals surface area contributed by atoms with E-state index in [2.05, 4.69) is 15.3 Å². The van der Waals surface area contributed by atoms with Crippen LogP contribution in [0.2, 0.25) is 0 Å². The van der Waals surface area contributed by atoms with Crippen LogP contribution in [0.5, 0.6) is 0 Å². The molecule has 1 N–H and O–H groups in total. The summed E-state index contributed by atoms with van der Waals surface area (Å²) in [5, 5.41) is 22.2. The molecule has 0 bridgehead atoms. The zero-order valence-electron chi connectivity index (χ0n) is 12.2. The largest absolute Gasteiger partial charge is 0.364 e. The molecule has 1 aliphatic heterocycles. The Bertz CT molecular complexity index is 741. The van der Waals surface area contributed by atoms with Crippen molar-refractivity contribution in [1.82, 2.24) is 24.6 Å². The molecule has 3 heterocycles. The number of hydrogen-bond acceptors (Lipinski definition) is 5. The van der Waals surface area contributed by atoms with Gasteiger partial charge in [-0.05, 0) is 19.1 Å². The van der Waals surface area contributed by atoms with Crippen molar-refractivity contribution in [2.45, 2.75) is 32.2 Å². The lowest BCUT2D eigenvalue weighted by Gasteiger charge is -2.29. The third kappa shape index (κ3) is 2.72. The third-order valence-electron chi connectivity index (χ3n) is 3.40. The topological polar surface area (TPSA) is 88.5 Å². The van der Waals surface area contributed by atoms with Gasteiger partial charge in [0.1, 0.15) is 6.67 Å². The zero-order valence-corrected chi connectivity index (χ0v) is 12.2. The Morgan fingerprint density at radius 3 is 2.87 bits per heavy atom. The zero-order chi connectivity index (χ0) is 16.6. The van der Waals surface area contributed by atoms with E-state index in [1.807, 2.05) is 0 Å². The minimum absolute atomic E-state index is 0.0883. The molecule has 23 heavy (non-hydrogen) atoms. The number of halogens is 2. The van der Waals surface area contributed by atoms with Crippen molar-refractivity contribution in [3.8, 4) is 0 Å². The highest BCUT2D eigenvalue weighted by molar-refractivity contribution is 5.96. The summed E-state index contributed by atoms with van der Waals surface area (Å²) >= 11 is 0. The summed E-state index contributed by atoms with van der Waals surface area (Å²) in [4.78, 5) is 12.4. The molecule has 0 unspecified atom stereocenters. The van der Waals surface area contributed by atoms with Gasteiger partial charge in [0, 0.05) is 30.7 Å². The second-order valence-electron chi connectivity index (χ2n) is 5.24. The molecule has 0 fully saturated rings. The molecule has 2 aromatic heterocycles. The minimum Gasteiger partial charge on any atom is -0.364 e. The Morgan fingerprint density at radius 1 is 1.43 bits per heavy atom. The predicted molar refractivity (Wildman–Crippen MR) is 74.7 cm³/mol. The van der Waals surface area contributed by atoms with Gasteiger partial charge in [-0.3, -0.25) is 14.2 Å². The number of carbonyl (C=O) groups excluding carboxylic acids is 1. The molecule has 2 aromatic rings. The molecule has 10 heteroatoms. The van der Waals surface area contributed by atoms with Crippen molar-refractivity contribution in [3.05, 3.63) is 36.4 Å². The number of alkyl halides is 2. The monoisotopic (exact) mass is 324 g/mol. The highest BCUT2D eigenvalue weighted by atomic mass is 19.3. The van der Waals surface area contributed by atoms with Crippen LogP contribution in [-0.4, -0.2) is 53.4 Å². The fourth-order valence-electron chi connectivity index (χ4n) is 2.33.